The van der Waals surface area contributed by atoms with Gasteiger partial charge in [-0.25, -0.2) is 0 Å². The van der Waals surface area contributed by atoms with E-state index in [0.29, 0.717) is 63.5 Å². The summed E-state index contributed by atoms with van der Waals surface area (Å²) in [6.45, 7) is 3.05. The number of carbonyl (C=O) groups is 3. The molecule has 3 radical (unpaired) electrons. The van der Waals surface area contributed by atoms with E-state index in [1.165, 1.54) is 57.8 Å². The van der Waals surface area contributed by atoms with E-state index in [-0.39, 0.29) is 26.2 Å². The fourth-order valence-electron chi connectivity index (χ4n) is 5.84. The molecule has 2 saturated carbocycles. The van der Waals surface area contributed by atoms with Gasteiger partial charge in [0.05, 0.1) is 20.3 Å². The first-order chi connectivity index (χ1) is 22.0. The highest BCUT2D eigenvalue weighted by molar-refractivity contribution is 5.87. The lowest BCUT2D eigenvalue weighted by Crippen LogP contribution is -2.48. The van der Waals surface area contributed by atoms with E-state index >= 15 is 0 Å². The van der Waals surface area contributed by atoms with Gasteiger partial charge in [-0.3, -0.25) is 14.4 Å². The molecule has 0 saturated heterocycles. The van der Waals surface area contributed by atoms with Gasteiger partial charge in [0.2, 0.25) is 11.8 Å². The molecule has 0 aromatic heterocycles. The van der Waals surface area contributed by atoms with Crippen LogP contribution in [0.3, 0.4) is 0 Å². The quantitative estimate of drug-likeness (QED) is 0.120. The molecule has 0 unspecified atom stereocenters. The molecular formula is C37H54BN2O6. The summed E-state index contributed by atoms with van der Waals surface area (Å²) >= 11 is 0. The Kier molecular flexibility index (Phi) is 19.3. The zero-order chi connectivity index (χ0) is 32.1. The molecule has 1 atom stereocenters. The Morgan fingerprint density at radius 3 is 2.04 bits per heavy atom. The first-order valence-electron chi connectivity index (χ1n) is 17.0. The van der Waals surface area contributed by atoms with Crippen LogP contribution in [-0.2, 0) is 32.0 Å². The summed E-state index contributed by atoms with van der Waals surface area (Å²) in [6.07, 6.45) is 15.7. The van der Waals surface area contributed by atoms with Crippen LogP contribution in [0.15, 0.2) is 48.5 Å². The van der Waals surface area contributed by atoms with Crippen LogP contribution in [-0.4, -0.2) is 59.1 Å². The van der Waals surface area contributed by atoms with Crippen LogP contribution in [0.2, 0.25) is 0 Å². The number of esters is 1. The van der Waals surface area contributed by atoms with Gasteiger partial charge in [-0.15, -0.1) is 0 Å². The van der Waals surface area contributed by atoms with Gasteiger partial charge >= 0.3 is 5.97 Å². The Hall–Kier alpha value is -3.49. The van der Waals surface area contributed by atoms with Crippen LogP contribution < -0.4 is 20.1 Å². The number of ether oxygens (including phenoxy) is 3. The summed E-state index contributed by atoms with van der Waals surface area (Å²) in [6, 6.07) is 14.6. The van der Waals surface area contributed by atoms with Gasteiger partial charge in [0, 0.05) is 34.2 Å². The van der Waals surface area contributed by atoms with E-state index < -0.39 is 6.04 Å². The maximum Gasteiger partial charge on any atom is 0.305 e. The van der Waals surface area contributed by atoms with Crippen LogP contribution >= 0.6 is 0 Å². The molecule has 2 aromatic carbocycles. The Bertz CT molecular complexity index is 1120. The third-order valence-corrected chi connectivity index (χ3v) is 8.49. The molecule has 2 aromatic rings. The molecule has 2 aliphatic rings. The number of rotatable bonds is 17. The highest BCUT2D eigenvalue weighted by Crippen LogP contribution is 2.28. The second-order valence-electron chi connectivity index (χ2n) is 12.1. The van der Waals surface area contributed by atoms with E-state index in [9.17, 15) is 14.4 Å². The van der Waals surface area contributed by atoms with Crippen molar-refractivity contribution < 1.29 is 28.6 Å². The van der Waals surface area contributed by atoms with Crippen molar-refractivity contribution in [2.75, 3.05) is 26.9 Å². The van der Waals surface area contributed by atoms with Crippen molar-refractivity contribution in [2.24, 2.45) is 5.92 Å². The van der Waals surface area contributed by atoms with E-state index in [1.54, 1.807) is 14.0 Å². The minimum atomic E-state index is -0.664. The number of amides is 2. The average Bonchev–Trinajstić information content (AvgIpc) is 3.81. The summed E-state index contributed by atoms with van der Waals surface area (Å²) < 4.78 is 15.9. The SMILES string of the molecule is C1CCCC1.CCOC(=O)CCCOc1ccc(C[C@H](NC(=O)CCC2CCCC2)C(=O)NCCc2ccc(OC)cc2)cc1.[B]. The summed E-state index contributed by atoms with van der Waals surface area (Å²) in [5.41, 5.74) is 2.02. The van der Waals surface area contributed by atoms with E-state index in [1.807, 2.05) is 48.5 Å². The van der Waals surface area contributed by atoms with Gasteiger partial charge in [-0.05, 0) is 67.5 Å². The minimum absolute atomic E-state index is 0. The van der Waals surface area contributed by atoms with Crippen molar-refractivity contribution in [3.05, 3.63) is 59.7 Å². The molecule has 2 N–H and O–H groups in total. The average molecular weight is 634 g/mol. The summed E-state index contributed by atoms with van der Waals surface area (Å²) in [5.74, 6) is 1.60. The normalized spacial score (nSPS) is 14.7. The van der Waals surface area contributed by atoms with Crippen molar-refractivity contribution in [3.63, 3.8) is 0 Å². The topological polar surface area (TPSA) is 103 Å². The number of benzene rings is 2. The maximum absolute atomic E-state index is 13.2. The van der Waals surface area contributed by atoms with Gasteiger partial charge in [-0.1, -0.05) is 82.1 Å². The molecule has 0 heterocycles. The number of methoxy groups -OCH3 is 1. The lowest BCUT2D eigenvalue weighted by molar-refractivity contribution is -0.143. The predicted molar refractivity (Wildman–Crippen MR) is 183 cm³/mol. The summed E-state index contributed by atoms with van der Waals surface area (Å²) in [7, 11) is 1.63. The Labute approximate surface area is 278 Å². The summed E-state index contributed by atoms with van der Waals surface area (Å²) in [5, 5.41) is 5.99. The molecule has 2 amide bonds. The van der Waals surface area contributed by atoms with Crippen LogP contribution in [0, 0.1) is 5.92 Å². The third kappa shape index (κ3) is 15.7. The number of nitrogens with one attached hydrogen (secondary N) is 2. The Balaban J connectivity index is 0.00000112. The molecular weight excluding hydrogens is 579 g/mol. The predicted octanol–water partition coefficient (Wildman–Crippen LogP) is 6.34. The van der Waals surface area contributed by atoms with Gasteiger partial charge in [0.1, 0.15) is 17.5 Å². The Morgan fingerprint density at radius 2 is 1.43 bits per heavy atom. The lowest BCUT2D eigenvalue weighted by Gasteiger charge is -2.20. The first kappa shape index (κ1) is 38.7. The summed E-state index contributed by atoms with van der Waals surface area (Å²) in [4.78, 5) is 37.4. The first-order valence-corrected chi connectivity index (χ1v) is 17.0. The molecule has 2 fully saturated rings. The van der Waals surface area contributed by atoms with Crippen LogP contribution in [0.5, 0.6) is 11.5 Å². The second-order valence-corrected chi connectivity index (χ2v) is 12.1. The monoisotopic (exact) mass is 633 g/mol. The van der Waals surface area contributed by atoms with Crippen molar-refractivity contribution in [1.82, 2.24) is 10.6 Å². The van der Waals surface area contributed by atoms with Gasteiger partial charge in [0.25, 0.3) is 0 Å². The molecule has 251 valence electrons. The lowest BCUT2D eigenvalue weighted by atomic mass is 10.0. The molecule has 0 aliphatic heterocycles. The van der Waals surface area contributed by atoms with Crippen LogP contribution in [0.4, 0.5) is 0 Å². The van der Waals surface area contributed by atoms with Crippen LogP contribution in [0.25, 0.3) is 0 Å². The van der Waals surface area contributed by atoms with Crippen molar-refractivity contribution in [2.45, 2.75) is 109 Å². The zero-order valence-corrected chi connectivity index (χ0v) is 28.0. The van der Waals surface area contributed by atoms with Crippen molar-refractivity contribution >= 4 is 26.2 Å². The largest absolute Gasteiger partial charge is 0.497 e. The molecule has 0 spiro atoms. The third-order valence-electron chi connectivity index (χ3n) is 8.49. The number of hydrogen-bond acceptors (Lipinski definition) is 6. The smallest absolute Gasteiger partial charge is 0.305 e. The number of hydrogen-bond donors (Lipinski definition) is 2. The van der Waals surface area contributed by atoms with Gasteiger partial charge < -0.3 is 24.8 Å². The maximum atomic E-state index is 13.2. The fraction of sp³-hybridized carbons (Fsp3) is 0.595. The highest BCUT2D eigenvalue weighted by Gasteiger charge is 2.22. The molecule has 0 bridgehead atoms. The molecule has 46 heavy (non-hydrogen) atoms. The van der Waals surface area contributed by atoms with Crippen LogP contribution in [0.1, 0.15) is 102 Å². The Morgan fingerprint density at radius 1 is 0.826 bits per heavy atom. The molecule has 4 rings (SSSR count). The fourth-order valence-corrected chi connectivity index (χ4v) is 5.84. The molecule has 8 nitrogen and oxygen atoms in total. The van der Waals surface area contributed by atoms with Gasteiger partial charge in [-0.2, -0.15) is 0 Å². The van der Waals surface area contributed by atoms with Gasteiger partial charge in [0.15, 0.2) is 0 Å². The minimum Gasteiger partial charge on any atom is -0.497 e. The molecule has 2 aliphatic carbocycles. The van der Waals surface area contributed by atoms with Crippen molar-refractivity contribution in [1.29, 1.82) is 0 Å². The highest BCUT2D eigenvalue weighted by atomic mass is 16.5. The van der Waals surface area contributed by atoms with E-state index in [2.05, 4.69) is 10.6 Å². The van der Waals surface area contributed by atoms with Crippen molar-refractivity contribution in [3.8, 4) is 11.5 Å². The van der Waals surface area contributed by atoms with E-state index in [0.717, 1.165) is 23.3 Å². The zero-order valence-electron chi connectivity index (χ0n) is 28.0. The number of carbonyl (C=O) groups excluding carboxylic acids is 3. The second kappa shape index (κ2) is 22.9. The molecule has 9 heteroatoms. The standard InChI is InChI=1S/C32H44N2O6.C5H10.B/c1-3-39-31(36)9-6-22-40-28-17-12-26(13-18-28)23-29(34-30(35)19-14-24-7-4-5-8-24)32(37)33-21-20-25-10-15-27(38-2)16-11-25;1-2-4-5-3-1;/h10-13,15-18,24,29H,3-9,14,19-23H2,1-2H3,(H,33,37)(H,34,35);1-5H2;/t29-;;/m0../s1. The van der Waals surface area contributed by atoms with E-state index in [4.69, 9.17) is 14.2 Å².